The lowest BCUT2D eigenvalue weighted by molar-refractivity contribution is -0.240. The van der Waals surface area contributed by atoms with Crippen molar-refractivity contribution in [2.45, 2.75) is 18.7 Å². The molecule has 10 heteroatoms. The van der Waals surface area contributed by atoms with Crippen LogP contribution in [-0.2, 0) is 10.3 Å². The Morgan fingerprint density at radius 1 is 1.25 bits per heavy atom. The van der Waals surface area contributed by atoms with E-state index in [1.54, 1.807) is 6.92 Å². The van der Waals surface area contributed by atoms with Gasteiger partial charge in [0.15, 0.2) is 11.5 Å². The van der Waals surface area contributed by atoms with Crippen molar-refractivity contribution in [1.29, 1.82) is 0 Å². The van der Waals surface area contributed by atoms with Crippen LogP contribution in [0.2, 0.25) is 0 Å². The van der Waals surface area contributed by atoms with Crippen molar-refractivity contribution in [3.05, 3.63) is 47.5 Å². The van der Waals surface area contributed by atoms with E-state index in [-0.39, 0.29) is 16.7 Å². The number of halogens is 3. The molecular weight excluding hydrogens is 324 g/mol. The van der Waals surface area contributed by atoms with E-state index in [0.717, 1.165) is 0 Å². The maximum atomic E-state index is 14.1. The van der Waals surface area contributed by atoms with Gasteiger partial charge in [0.1, 0.15) is 0 Å². The van der Waals surface area contributed by atoms with Crippen LogP contribution in [0.5, 0.6) is 0 Å². The topological polar surface area (TPSA) is 83.9 Å². The minimum Gasteiger partial charge on any atom is -0.423 e. The Labute approximate surface area is 133 Å². The van der Waals surface area contributed by atoms with E-state index in [1.165, 1.54) is 30.5 Å². The molecule has 1 aliphatic rings. The predicted octanol–water partition coefficient (Wildman–Crippen LogP) is 1.18. The molecule has 4 rings (SSSR count). The summed E-state index contributed by atoms with van der Waals surface area (Å²) in [5.74, 6) is -0.590. The molecule has 0 spiro atoms. The predicted molar refractivity (Wildman–Crippen MR) is 78.4 cm³/mol. The summed E-state index contributed by atoms with van der Waals surface area (Å²) in [6.45, 7) is 1.56. The highest BCUT2D eigenvalue weighted by Crippen LogP contribution is 2.48. The maximum absolute atomic E-state index is 14.1. The lowest BCUT2D eigenvalue weighted by Gasteiger charge is -2.31. The second kappa shape index (κ2) is 4.77. The van der Waals surface area contributed by atoms with Gasteiger partial charge >= 0.3 is 13.3 Å². The number of benzene rings is 1. The highest BCUT2D eigenvalue weighted by molar-refractivity contribution is 6.62. The van der Waals surface area contributed by atoms with E-state index < -0.39 is 24.7 Å². The first-order chi connectivity index (χ1) is 11.3. The highest BCUT2D eigenvalue weighted by Gasteiger charge is 2.66. The van der Waals surface area contributed by atoms with Gasteiger partial charge in [0, 0.05) is 0 Å². The average Bonchev–Trinajstić information content (AvgIpc) is 3.11. The average molecular weight is 334 g/mol. The molecule has 2 N–H and O–H groups in total. The Hall–Kier alpha value is -2.46. The molecule has 122 valence electrons. The molecule has 0 bridgehead atoms. The van der Waals surface area contributed by atoms with Crippen LogP contribution in [0.3, 0.4) is 0 Å². The van der Waals surface area contributed by atoms with Crippen LogP contribution in [0.4, 0.5) is 13.2 Å². The smallest absolute Gasteiger partial charge is 0.423 e. The fourth-order valence-corrected chi connectivity index (χ4v) is 2.98. The van der Waals surface area contributed by atoms with Crippen molar-refractivity contribution in [1.82, 2.24) is 20.2 Å². The molecule has 1 aromatic carbocycles. The quantitative estimate of drug-likeness (QED) is 0.653. The van der Waals surface area contributed by atoms with Crippen LogP contribution in [0.25, 0.3) is 11.0 Å². The second-order valence-corrected chi connectivity index (χ2v) is 5.50. The van der Waals surface area contributed by atoms with Gasteiger partial charge in [-0.15, -0.1) is 0 Å². The van der Waals surface area contributed by atoms with Gasteiger partial charge in [-0.1, -0.05) is 24.3 Å². The summed E-state index contributed by atoms with van der Waals surface area (Å²) in [6, 6.07) is 5.62. The number of alkyl halides is 3. The van der Waals surface area contributed by atoms with Crippen molar-refractivity contribution < 1.29 is 22.8 Å². The van der Waals surface area contributed by atoms with Crippen molar-refractivity contribution in [2.75, 3.05) is 0 Å². The molecule has 0 aliphatic carbocycles. The minimum absolute atomic E-state index is 0.0424. The van der Waals surface area contributed by atoms with Gasteiger partial charge in [0.2, 0.25) is 5.60 Å². The molecule has 3 aromatic rings. The molecule has 2 aromatic heterocycles. The first kappa shape index (κ1) is 15.1. The van der Waals surface area contributed by atoms with Gasteiger partial charge in [-0.05, 0) is 17.9 Å². The molecule has 0 radical (unpaired) electrons. The number of H-pyrrole nitrogens is 1. The van der Waals surface area contributed by atoms with Crippen LogP contribution in [0.15, 0.2) is 30.5 Å². The molecule has 1 unspecified atom stereocenters. The first-order valence-corrected chi connectivity index (χ1v) is 7.05. The van der Waals surface area contributed by atoms with Crippen molar-refractivity contribution in [3.63, 3.8) is 0 Å². The number of aromatic amines is 1. The summed E-state index contributed by atoms with van der Waals surface area (Å²) in [5.41, 5.74) is -2.62. The van der Waals surface area contributed by atoms with Crippen molar-refractivity contribution in [2.24, 2.45) is 0 Å². The first-order valence-electron chi connectivity index (χ1n) is 7.05. The summed E-state index contributed by atoms with van der Waals surface area (Å²) >= 11 is 0. The van der Waals surface area contributed by atoms with Crippen molar-refractivity contribution in [3.8, 4) is 0 Å². The Balaban J connectivity index is 2.06. The van der Waals surface area contributed by atoms with E-state index in [0.29, 0.717) is 11.1 Å². The third-order valence-corrected chi connectivity index (χ3v) is 4.11. The number of hydrogen-bond acceptors (Lipinski definition) is 5. The maximum Gasteiger partial charge on any atom is 0.492 e. The molecule has 0 saturated carbocycles. The lowest BCUT2D eigenvalue weighted by Crippen LogP contribution is -2.46. The van der Waals surface area contributed by atoms with E-state index in [1.807, 2.05) is 0 Å². The summed E-state index contributed by atoms with van der Waals surface area (Å²) in [4.78, 5) is 7.97. The number of nitrogens with one attached hydrogen (secondary N) is 1. The number of rotatable bonds is 1. The van der Waals surface area contributed by atoms with Gasteiger partial charge in [-0.2, -0.15) is 18.3 Å². The van der Waals surface area contributed by atoms with Gasteiger partial charge in [-0.25, -0.2) is 9.97 Å². The van der Waals surface area contributed by atoms with Gasteiger partial charge < -0.3 is 9.68 Å². The summed E-state index contributed by atoms with van der Waals surface area (Å²) in [7, 11) is -1.72. The number of nitrogens with zero attached hydrogens (tertiary/aromatic N) is 3. The SMILES string of the molecule is Cc1nc(C2(C(F)(F)F)OB(O)c3ccccc32)nc2[nH]ncc12. The van der Waals surface area contributed by atoms with E-state index >= 15 is 0 Å². The second-order valence-electron chi connectivity index (χ2n) is 5.50. The van der Waals surface area contributed by atoms with Crippen LogP contribution < -0.4 is 5.46 Å². The van der Waals surface area contributed by atoms with Gasteiger partial charge in [-0.3, -0.25) is 5.10 Å². The zero-order valence-electron chi connectivity index (χ0n) is 12.3. The monoisotopic (exact) mass is 334 g/mol. The van der Waals surface area contributed by atoms with Crippen molar-refractivity contribution >= 4 is 23.6 Å². The summed E-state index contributed by atoms with van der Waals surface area (Å²) < 4.78 is 47.2. The summed E-state index contributed by atoms with van der Waals surface area (Å²) in [5, 5.41) is 16.8. The Morgan fingerprint density at radius 3 is 2.75 bits per heavy atom. The van der Waals surface area contributed by atoms with E-state index in [9.17, 15) is 18.2 Å². The Bertz CT molecular complexity index is 945. The van der Waals surface area contributed by atoms with Crippen LogP contribution in [0, 0.1) is 6.92 Å². The molecule has 1 aliphatic heterocycles. The molecular formula is C14H10BF3N4O2. The van der Waals surface area contributed by atoms with Crippen LogP contribution in [0.1, 0.15) is 17.1 Å². The van der Waals surface area contributed by atoms with Crippen LogP contribution >= 0.6 is 0 Å². The normalized spacial score (nSPS) is 20.6. The molecule has 24 heavy (non-hydrogen) atoms. The molecule has 3 heterocycles. The minimum atomic E-state index is -4.87. The molecule has 1 atom stereocenters. The highest BCUT2D eigenvalue weighted by atomic mass is 19.4. The number of aryl methyl sites for hydroxylation is 1. The fraction of sp³-hybridized carbons (Fsp3) is 0.214. The standard InChI is InChI=1S/C14H10BF3N4O2/c1-7-8-6-19-22-11(8)21-12(20-7)13(14(16,17)18)9-4-2-3-5-10(9)15(23)24-13/h2-6,23H,1H3,(H,19,20,21,22). The molecule has 0 fully saturated rings. The molecule has 0 amide bonds. The number of hydrogen-bond donors (Lipinski definition) is 2. The number of fused-ring (bicyclic) bond motifs is 2. The Kier molecular flexibility index (Phi) is 3.00. The third-order valence-electron chi connectivity index (χ3n) is 4.11. The Morgan fingerprint density at radius 2 is 2.00 bits per heavy atom. The van der Waals surface area contributed by atoms with Gasteiger partial charge in [0.25, 0.3) is 0 Å². The zero-order chi connectivity index (χ0) is 17.1. The van der Waals surface area contributed by atoms with Crippen LogP contribution in [-0.4, -0.2) is 38.5 Å². The lowest BCUT2D eigenvalue weighted by atomic mass is 9.78. The fourth-order valence-electron chi connectivity index (χ4n) is 2.98. The van der Waals surface area contributed by atoms with E-state index in [4.69, 9.17) is 4.65 Å². The van der Waals surface area contributed by atoms with E-state index in [2.05, 4.69) is 20.2 Å². The molecule has 0 saturated heterocycles. The van der Waals surface area contributed by atoms with Gasteiger partial charge in [0.05, 0.1) is 17.3 Å². The number of aromatic nitrogens is 4. The summed E-state index contributed by atoms with van der Waals surface area (Å²) in [6.07, 6.45) is -3.44. The zero-order valence-corrected chi connectivity index (χ0v) is 12.3. The largest absolute Gasteiger partial charge is 0.492 e. The third kappa shape index (κ3) is 1.83. The molecule has 6 nitrogen and oxygen atoms in total.